The van der Waals surface area contributed by atoms with E-state index in [2.05, 4.69) is 11.6 Å². The number of H-pyrrole nitrogens is 1. The van der Waals surface area contributed by atoms with Gasteiger partial charge in [0, 0.05) is 11.8 Å². The van der Waals surface area contributed by atoms with Crippen LogP contribution in [0.15, 0.2) is 60.5 Å². The second kappa shape index (κ2) is 7.88. The number of aromatic amines is 1. The number of thiazole rings is 1. The lowest BCUT2D eigenvalue weighted by molar-refractivity contribution is -0.379. The molecule has 6 heteroatoms. The molecule has 0 aliphatic carbocycles. The van der Waals surface area contributed by atoms with Crippen molar-refractivity contribution in [1.29, 1.82) is 0 Å². The van der Waals surface area contributed by atoms with E-state index in [-0.39, 0.29) is 12.2 Å². The van der Waals surface area contributed by atoms with Crippen molar-refractivity contribution in [3.8, 4) is 5.75 Å². The van der Waals surface area contributed by atoms with E-state index in [1.165, 1.54) is 17.4 Å². The van der Waals surface area contributed by atoms with Crippen molar-refractivity contribution in [2.45, 2.75) is 18.5 Å². The topological polar surface area (TPSA) is 49.4 Å². The molecule has 0 spiro atoms. The lowest BCUT2D eigenvalue weighted by atomic mass is 9.86. The fourth-order valence-electron chi connectivity index (χ4n) is 3.02. The number of hydrogen-bond donors (Lipinski definition) is 1. The van der Waals surface area contributed by atoms with Crippen LogP contribution in [0.3, 0.4) is 0 Å². The number of benzene rings is 2. The van der Waals surface area contributed by atoms with Gasteiger partial charge >= 0.3 is 5.13 Å². The van der Waals surface area contributed by atoms with Gasteiger partial charge in [-0.15, -0.1) is 6.58 Å². The molecular formula is C21H21F2N2OS+. The van der Waals surface area contributed by atoms with Crippen LogP contribution in [-0.4, -0.2) is 7.11 Å². The first-order valence-electron chi connectivity index (χ1n) is 8.44. The fraction of sp³-hybridized carbons (Fsp3) is 0.190. The maximum Gasteiger partial charge on any atom is 0.329 e. The van der Waals surface area contributed by atoms with Gasteiger partial charge in [0.15, 0.2) is 5.69 Å². The molecule has 0 saturated carbocycles. The summed E-state index contributed by atoms with van der Waals surface area (Å²) in [6.45, 7) is 3.62. The van der Waals surface area contributed by atoms with Crippen molar-refractivity contribution in [2.24, 2.45) is 0 Å². The third-order valence-electron chi connectivity index (χ3n) is 4.47. The molecule has 0 fully saturated rings. The Morgan fingerprint density at radius 1 is 1.26 bits per heavy atom. The average Bonchev–Trinajstić information content (AvgIpc) is 3.11. The Hall–Kier alpha value is -2.73. The summed E-state index contributed by atoms with van der Waals surface area (Å²) < 4.78 is 35.8. The predicted molar refractivity (Wildman–Crippen MR) is 104 cm³/mol. The maximum atomic E-state index is 16.3. The van der Waals surface area contributed by atoms with Crippen LogP contribution in [0, 0.1) is 5.82 Å². The van der Waals surface area contributed by atoms with E-state index >= 15 is 4.39 Å². The number of nitrogens with two attached hydrogens (primary N) is 1. The second-order valence-corrected chi connectivity index (χ2v) is 7.17. The fourth-order valence-corrected chi connectivity index (χ4v) is 3.68. The van der Waals surface area contributed by atoms with Gasteiger partial charge in [0.1, 0.15) is 11.6 Å². The number of ether oxygens (including phenoxy) is 1. The van der Waals surface area contributed by atoms with Crippen LogP contribution in [0.5, 0.6) is 5.75 Å². The molecule has 1 aromatic heterocycles. The van der Waals surface area contributed by atoms with Crippen molar-refractivity contribution in [1.82, 2.24) is 0 Å². The summed E-state index contributed by atoms with van der Waals surface area (Å²) in [5, 5.41) is 2.06. The minimum absolute atomic E-state index is 0.0305. The van der Waals surface area contributed by atoms with Gasteiger partial charge in [-0.25, -0.2) is 13.8 Å². The minimum Gasteiger partial charge on any atom is -0.497 e. The molecule has 27 heavy (non-hydrogen) atoms. The highest BCUT2D eigenvalue weighted by Crippen LogP contribution is 2.37. The van der Waals surface area contributed by atoms with Gasteiger partial charge in [0.25, 0.3) is 0 Å². The van der Waals surface area contributed by atoms with Gasteiger partial charge in [0.05, 0.1) is 7.11 Å². The van der Waals surface area contributed by atoms with E-state index in [4.69, 9.17) is 10.5 Å². The molecule has 0 aliphatic rings. The molecule has 1 unspecified atom stereocenters. The Morgan fingerprint density at radius 2 is 2.00 bits per heavy atom. The van der Waals surface area contributed by atoms with Crippen LogP contribution >= 0.6 is 11.3 Å². The highest BCUT2D eigenvalue weighted by Gasteiger charge is 2.39. The van der Waals surface area contributed by atoms with Crippen LogP contribution < -0.4 is 15.5 Å². The van der Waals surface area contributed by atoms with Crippen molar-refractivity contribution in [3.05, 3.63) is 88.7 Å². The molecule has 3 aromatic rings. The number of halogens is 2. The number of methoxy groups -OCH3 is 1. The molecule has 0 radical (unpaired) electrons. The van der Waals surface area contributed by atoms with Crippen molar-refractivity contribution in [3.63, 3.8) is 0 Å². The van der Waals surface area contributed by atoms with Crippen molar-refractivity contribution < 1.29 is 18.5 Å². The number of aromatic nitrogens is 1. The Kier molecular flexibility index (Phi) is 5.56. The molecule has 0 saturated heterocycles. The van der Waals surface area contributed by atoms with Crippen LogP contribution in [0.2, 0.25) is 0 Å². The molecule has 1 atom stereocenters. The normalized spacial score (nSPS) is 13.1. The Labute approximate surface area is 161 Å². The summed E-state index contributed by atoms with van der Waals surface area (Å²) >= 11 is 1.23. The smallest absolute Gasteiger partial charge is 0.329 e. The number of anilines is 1. The van der Waals surface area contributed by atoms with E-state index in [1.54, 1.807) is 55.0 Å². The average molecular weight is 387 g/mol. The second-order valence-electron chi connectivity index (χ2n) is 6.26. The SMILES string of the molecule is C=CCc1ccc(CC(F)(c2ccc(OC)cc2)c2csc(N)[nH+]2)cc1F. The molecular weight excluding hydrogens is 366 g/mol. The Bertz CT molecular complexity index is 940. The number of nitrogen functional groups attached to an aromatic ring is 1. The van der Waals surface area contributed by atoms with Crippen molar-refractivity contribution in [2.75, 3.05) is 12.8 Å². The standard InChI is InChI=1S/C21H20F2N2OS/c1-3-4-15-6-5-14(11-18(15)22)12-21(23,19-13-27-20(24)25-19)16-7-9-17(26-2)10-8-16/h3,5-11,13H,1,4,12H2,2H3,(H2,24,25)/p+1. The Balaban J connectivity index is 2.02. The molecule has 0 bridgehead atoms. The zero-order valence-corrected chi connectivity index (χ0v) is 15.8. The third kappa shape index (κ3) is 4.01. The van der Waals surface area contributed by atoms with E-state index in [0.29, 0.717) is 39.7 Å². The molecule has 0 amide bonds. The van der Waals surface area contributed by atoms with E-state index in [1.807, 2.05) is 0 Å². The minimum atomic E-state index is -1.88. The predicted octanol–water partition coefficient (Wildman–Crippen LogP) is 4.48. The maximum absolute atomic E-state index is 16.3. The first-order chi connectivity index (χ1) is 13.0. The van der Waals surface area contributed by atoms with Crippen LogP contribution in [-0.2, 0) is 18.5 Å². The summed E-state index contributed by atoms with van der Waals surface area (Å²) in [5.41, 5.74) is 5.76. The van der Waals surface area contributed by atoms with Crippen LogP contribution in [0.1, 0.15) is 22.4 Å². The zero-order valence-electron chi connectivity index (χ0n) is 15.0. The highest BCUT2D eigenvalue weighted by atomic mass is 32.1. The summed E-state index contributed by atoms with van der Waals surface area (Å²) in [6, 6.07) is 11.5. The van der Waals surface area contributed by atoms with Gasteiger partial charge in [-0.3, -0.25) is 5.73 Å². The molecule has 3 N–H and O–H groups in total. The molecule has 140 valence electrons. The summed E-state index contributed by atoms with van der Waals surface area (Å²) in [6.07, 6.45) is 2.04. The summed E-state index contributed by atoms with van der Waals surface area (Å²) in [4.78, 5) is 2.89. The monoisotopic (exact) mass is 387 g/mol. The first kappa shape index (κ1) is 19.0. The number of allylic oxidation sites excluding steroid dienone is 1. The summed E-state index contributed by atoms with van der Waals surface area (Å²) in [7, 11) is 1.55. The number of alkyl halides is 1. The molecule has 3 nitrogen and oxygen atoms in total. The summed E-state index contributed by atoms with van der Waals surface area (Å²) in [5.74, 6) is 0.271. The van der Waals surface area contributed by atoms with E-state index in [9.17, 15) is 4.39 Å². The van der Waals surface area contributed by atoms with E-state index in [0.717, 1.165) is 0 Å². The lowest BCUT2D eigenvalue weighted by Gasteiger charge is -2.23. The highest BCUT2D eigenvalue weighted by molar-refractivity contribution is 7.13. The number of hydrogen-bond acceptors (Lipinski definition) is 3. The molecule has 1 heterocycles. The molecule has 2 aromatic carbocycles. The third-order valence-corrected chi connectivity index (χ3v) is 5.18. The number of rotatable bonds is 7. The quantitative estimate of drug-likeness (QED) is 0.608. The molecule has 0 aliphatic heterocycles. The van der Waals surface area contributed by atoms with Gasteiger partial charge in [-0.1, -0.05) is 41.7 Å². The van der Waals surface area contributed by atoms with E-state index < -0.39 is 5.67 Å². The van der Waals surface area contributed by atoms with Gasteiger partial charge in [0.2, 0.25) is 5.67 Å². The largest absolute Gasteiger partial charge is 0.497 e. The van der Waals surface area contributed by atoms with Gasteiger partial charge < -0.3 is 4.74 Å². The van der Waals surface area contributed by atoms with Gasteiger partial charge in [-0.2, -0.15) is 0 Å². The Morgan fingerprint density at radius 3 is 2.56 bits per heavy atom. The van der Waals surface area contributed by atoms with Crippen LogP contribution in [0.4, 0.5) is 13.9 Å². The molecule has 3 rings (SSSR count). The van der Waals surface area contributed by atoms with Crippen molar-refractivity contribution >= 4 is 16.5 Å². The lowest BCUT2D eigenvalue weighted by Crippen LogP contribution is -2.31. The zero-order chi connectivity index (χ0) is 19.4. The number of nitrogens with one attached hydrogen (secondary N) is 1. The first-order valence-corrected chi connectivity index (χ1v) is 9.32. The van der Waals surface area contributed by atoms with Crippen LogP contribution in [0.25, 0.3) is 0 Å². The van der Waals surface area contributed by atoms with Gasteiger partial charge in [-0.05, 0) is 41.3 Å².